The largest absolute Gasteiger partial charge is 0.435 e. The fourth-order valence-electron chi connectivity index (χ4n) is 7.31. The number of alkyl halides is 7. The summed E-state index contributed by atoms with van der Waals surface area (Å²) in [4.78, 5) is 25.7. The first kappa shape index (κ1) is 34.2. The summed E-state index contributed by atoms with van der Waals surface area (Å²) in [6, 6.07) is 4.58. The van der Waals surface area contributed by atoms with Crippen LogP contribution in [-0.4, -0.2) is 63.4 Å². The van der Waals surface area contributed by atoms with Gasteiger partial charge < -0.3 is 20.0 Å². The number of aldehydes is 1. The maximum Gasteiger partial charge on any atom is 0.435 e. The lowest BCUT2D eigenvalue weighted by Crippen LogP contribution is -2.52. The second-order valence-electron chi connectivity index (χ2n) is 12.1. The number of aliphatic hydroxyl groups is 1. The number of carbonyl (C=O) groups excluding carboxylic acids is 2. The Bertz CT molecular complexity index is 1590. The summed E-state index contributed by atoms with van der Waals surface area (Å²) < 4.78 is 142. The third-order valence-corrected chi connectivity index (χ3v) is 12.2. The van der Waals surface area contributed by atoms with Crippen LogP contribution in [0.25, 0.3) is 0 Å². The molecule has 2 aliphatic carbocycles. The zero-order valence-corrected chi connectivity index (χ0v) is 24.7. The molecule has 46 heavy (non-hydrogen) atoms. The quantitative estimate of drug-likeness (QED) is 0.246. The summed E-state index contributed by atoms with van der Waals surface area (Å²) in [5.41, 5.74) is -9.65. The molecule has 3 aliphatic rings. The third-order valence-electron chi connectivity index (χ3n) is 9.61. The average molecular weight is 684 g/mol. The molecule has 1 amide bonds. The van der Waals surface area contributed by atoms with Gasteiger partial charge >= 0.3 is 18.0 Å². The van der Waals surface area contributed by atoms with E-state index >= 15 is 4.39 Å². The molecule has 1 saturated heterocycles. The van der Waals surface area contributed by atoms with Gasteiger partial charge in [-0.2, -0.15) is 26.3 Å². The molecule has 0 spiro atoms. The Morgan fingerprint density at radius 3 is 2.17 bits per heavy atom. The van der Waals surface area contributed by atoms with Crippen LogP contribution < -0.4 is 5.32 Å². The van der Waals surface area contributed by atoms with E-state index in [2.05, 4.69) is 5.32 Å². The Kier molecular flexibility index (Phi) is 8.59. The maximum atomic E-state index is 15.0. The van der Waals surface area contributed by atoms with Crippen molar-refractivity contribution in [3.63, 3.8) is 0 Å². The van der Waals surface area contributed by atoms with Crippen molar-refractivity contribution >= 4 is 22.0 Å². The summed E-state index contributed by atoms with van der Waals surface area (Å²) in [7, 11) is -4.85. The molecule has 16 heteroatoms. The van der Waals surface area contributed by atoms with Gasteiger partial charge in [-0.15, -0.1) is 0 Å². The Morgan fingerprint density at radius 1 is 1.00 bits per heavy atom. The van der Waals surface area contributed by atoms with E-state index in [9.17, 15) is 53.8 Å². The van der Waals surface area contributed by atoms with Crippen LogP contribution in [-0.2, 0) is 41.0 Å². The Morgan fingerprint density at radius 2 is 1.61 bits per heavy atom. The van der Waals surface area contributed by atoms with Crippen LogP contribution in [0.5, 0.6) is 0 Å². The van der Waals surface area contributed by atoms with E-state index in [1.165, 1.54) is 0 Å². The molecule has 2 aromatic carbocycles. The number of hydrogen-bond donors (Lipinski definition) is 2. The standard InChI is InChI=1S/C30H29F8NO6S/c31-20-3-5-21(6-4-20)46(43,44)27-19(15-40)14-22(25(41)39-16-26(42)9-11-45-12-10-26)24(27)7-1-17-13-18(2-8-23(17)27)28(32,29(33,34)35)30(36,37)38/h2-6,8,13,15,19,22,24,42H,1,7,9-12,14,16H2,(H,39,41)/t19?,22-,24+,27+/m1/s1. The average Bonchev–Trinajstić information content (AvgIpc) is 3.35. The van der Waals surface area contributed by atoms with Gasteiger partial charge in [-0.25, -0.2) is 17.2 Å². The van der Waals surface area contributed by atoms with Crippen molar-refractivity contribution in [2.24, 2.45) is 17.8 Å². The first-order valence-corrected chi connectivity index (χ1v) is 15.8. The van der Waals surface area contributed by atoms with E-state index in [0.29, 0.717) is 12.1 Å². The number of nitrogens with one attached hydrogen (secondary N) is 1. The molecule has 0 radical (unpaired) electrons. The molecular formula is C30H29F8NO6S. The highest BCUT2D eigenvalue weighted by molar-refractivity contribution is 7.92. The molecule has 7 nitrogen and oxygen atoms in total. The fourth-order valence-corrected chi connectivity index (χ4v) is 9.91. The minimum Gasteiger partial charge on any atom is -0.388 e. The maximum absolute atomic E-state index is 15.0. The van der Waals surface area contributed by atoms with Gasteiger partial charge in [0, 0.05) is 50.0 Å². The number of halogens is 8. The van der Waals surface area contributed by atoms with Crippen LogP contribution in [0.2, 0.25) is 0 Å². The van der Waals surface area contributed by atoms with Crippen molar-refractivity contribution < 1.29 is 63.0 Å². The van der Waals surface area contributed by atoms with E-state index in [0.717, 1.165) is 24.3 Å². The zero-order chi connectivity index (χ0) is 33.9. The van der Waals surface area contributed by atoms with Crippen LogP contribution in [0, 0.1) is 23.6 Å². The topological polar surface area (TPSA) is 110 Å². The molecule has 252 valence electrons. The lowest BCUT2D eigenvalue weighted by Gasteiger charge is -2.44. The van der Waals surface area contributed by atoms with Gasteiger partial charge in [-0.1, -0.05) is 18.2 Å². The van der Waals surface area contributed by atoms with Gasteiger partial charge in [0.1, 0.15) is 16.9 Å². The molecule has 4 atom stereocenters. The first-order chi connectivity index (χ1) is 21.3. The lowest BCUT2D eigenvalue weighted by atomic mass is 9.70. The van der Waals surface area contributed by atoms with Gasteiger partial charge in [0.05, 0.1) is 10.5 Å². The molecule has 1 aliphatic heterocycles. The molecular weight excluding hydrogens is 654 g/mol. The summed E-state index contributed by atoms with van der Waals surface area (Å²) in [6.07, 6.45) is -13.2. The predicted molar refractivity (Wildman–Crippen MR) is 144 cm³/mol. The summed E-state index contributed by atoms with van der Waals surface area (Å²) in [5, 5.41) is 13.4. The predicted octanol–water partition coefficient (Wildman–Crippen LogP) is 4.84. The van der Waals surface area contributed by atoms with Crippen LogP contribution in [0.4, 0.5) is 35.1 Å². The smallest absolute Gasteiger partial charge is 0.388 e. The van der Waals surface area contributed by atoms with Gasteiger partial charge in [0.25, 0.3) is 0 Å². The van der Waals surface area contributed by atoms with Crippen molar-refractivity contribution in [2.45, 2.75) is 65.4 Å². The number of carbonyl (C=O) groups is 2. The Balaban J connectivity index is 1.66. The van der Waals surface area contributed by atoms with E-state index in [1.54, 1.807) is 0 Å². The molecule has 0 aromatic heterocycles. The number of fused-ring (bicyclic) bond motifs is 3. The normalized spacial score (nSPS) is 26.6. The number of hydrogen-bond acceptors (Lipinski definition) is 6. The lowest BCUT2D eigenvalue weighted by molar-refractivity contribution is -0.348. The van der Waals surface area contributed by atoms with Crippen LogP contribution in [0.3, 0.4) is 0 Å². The van der Waals surface area contributed by atoms with E-state index in [1.807, 2.05) is 0 Å². The Hall–Kier alpha value is -3.11. The van der Waals surface area contributed by atoms with Crippen molar-refractivity contribution in [3.8, 4) is 0 Å². The summed E-state index contributed by atoms with van der Waals surface area (Å²) >= 11 is 0. The van der Waals surface area contributed by atoms with Crippen LogP contribution in [0.15, 0.2) is 47.4 Å². The minimum absolute atomic E-state index is 0.194. The summed E-state index contributed by atoms with van der Waals surface area (Å²) in [6.45, 7) is 0.230. The fraction of sp³-hybridized carbons (Fsp3) is 0.533. The van der Waals surface area contributed by atoms with Crippen LogP contribution in [0.1, 0.15) is 42.4 Å². The van der Waals surface area contributed by atoms with Gasteiger partial charge in [-0.3, -0.25) is 4.79 Å². The minimum atomic E-state index is -6.43. The molecule has 2 fully saturated rings. The molecule has 2 N–H and O–H groups in total. The molecule has 1 saturated carbocycles. The van der Waals surface area contributed by atoms with E-state index in [4.69, 9.17) is 4.74 Å². The summed E-state index contributed by atoms with van der Waals surface area (Å²) in [5.74, 6) is -5.51. The molecule has 2 aromatic rings. The monoisotopic (exact) mass is 683 g/mol. The number of amides is 1. The van der Waals surface area contributed by atoms with Gasteiger partial charge in [-0.05, 0) is 60.6 Å². The SMILES string of the molecule is O=CC1C[C@@H](C(=O)NCC2(O)CCOCC2)[C@@H]2CCc3cc(C(F)(C(F)(F)F)C(F)(F)F)ccc3[C@@]12S(=O)(=O)c1ccc(F)cc1. The molecule has 5 rings (SSSR count). The highest BCUT2D eigenvalue weighted by atomic mass is 32.2. The number of rotatable bonds is 7. The van der Waals surface area contributed by atoms with Crippen molar-refractivity contribution in [1.29, 1.82) is 0 Å². The number of benzene rings is 2. The zero-order valence-electron chi connectivity index (χ0n) is 23.9. The molecule has 0 bridgehead atoms. The van der Waals surface area contributed by atoms with Crippen molar-refractivity contribution in [3.05, 3.63) is 65.0 Å². The van der Waals surface area contributed by atoms with E-state index in [-0.39, 0.29) is 75.3 Å². The highest BCUT2D eigenvalue weighted by Gasteiger charge is 2.74. The number of ether oxygens (including phenoxy) is 1. The Labute approximate surface area is 258 Å². The third kappa shape index (κ3) is 5.20. The van der Waals surface area contributed by atoms with Crippen molar-refractivity contribution in [2.75, 3.05) is 19.8 Å². The molecule has 1 unspecified atom stereocenters. The van der Waals surface area contributed by atoms with Gasteiger partial charge in [0.15, 0.2) is 9.84 Å². The first-order valence-electron chi connectivity index (χ1n) is 14.3. The van der Waals surface area contributed by atoms with Crippen LogP contribution >= 0.6 is 0 Å². The number of sulfone groups is 1. The van der Waals surface area contributed by atoms with Crippen molar-refractivity contribution in [1.82, 2.24) is 5.32 Å². The second kappa shape index (κ2) is 11.5. The van der Waals surface area contributed by atoms with E-state index < -0.39 is 78.1 Å². The molecule has 1 heterocycles. The number of aryl methyl sites for hydroxylation is 1. The van der Waals surface area contributed by atoms with Gasteiger partial charge in [0.2, 0.25) is 5.91 Å². The highest BCUT2D eigenvalue weighted by Crippen LogP contribution is 2.62. The second-order valence-corrected chi connectivity index (χ2v) is 14.2.